The molecule has 0 aliphatic carbocycles. The molecule has 3 aromatic rings. The third-order valence-electron chi connectivity index (χ3n) is 4.43. The molecule has 0 radical (unpaired) electrons. The molecule has 0 bridgehead atoms. The van der Waals surface area contributed by atoms with E-state index in [1.807, 2.05) is 0 Å². The van der Waals surface area contributed by atoms with Gasteiger partial charge in [0.15, 0.2) is 11.5 Å². The number of carbonyl (C=O) groups is 1. The number of fused-ring (bicyclic) bond motifs is 1. The van der Waals surface area contributed by atoms with Gasteiger partial charge in [0.25, 0.3) is 0 Å². The fourth-order valence-electron chi connectivity index (χ4n) is 3.10. The van der Waals surface area contributed by atoms with E-state index in [9.17, 15) is 13.2 Å². The number of aromatic nitrogens is 3. The van der Waals surface area contributed by atoms with Crippen LogP contribution in [0.4, 0.5) is 26.2 Å². The summed E-state index contributed by atoms with van der Waals surface area (Å²) in [6.07, 6.45) is 0.993. The Morgan fingerprint density at radius 2 is 1.97 bits per heavy atom. The van der Waals surface area contributed by atoms with Gasteiger partial charge in [0, 0.05) is 0 Å². The average molecular weight is 528 g/mol. The Bertz CT molecular complexity index is 1350. The van der Waals surface area contributed by atoms with E-state index in [1.165, 1.54) is 18.3 Å². The molecular weight excluding hydrogens is 501 g/mol. The van der Waals surface area contributed by atoms with Gasteiger partial charge < -0.3 is 14.8 Å². The zero-order valence-electron chi connectivity index (χ0n) is 20.0. The molecule has 3 rings (SSSR count). The summed E-state index contributed by atoms with van der Waals surface area (Å²) in [7, 11) is -3.71. The lowest BCUT2D eigenvalue weighted by Gasteiger charge is -2.18. The number of hydrogen-bond acceptors (Lipinski definition) is 8. The molecule has 0 spiro atoms. The summed E-state index contributed by atoms with van der Waals surface area (Å²) in [5, 5.41) is 7.39. The van der Waals surface area contributed by atoms with E-state index >= 15 is 4.39 Å². The average Bonchev–Trinajstić information content (AvgIpc) is 3.10. The number of benzene rings is 1. The van der Waals surface area contributed by atoms with E-state index in [0.29, 0.717) is 17.5 Å². The van der Waals surface area contributed by atoms with Crippen molar-refractivity contribution in [2.45, 2.75) is 46.6 Å². The number of ether oxygens (including phenoxy) is 2. The number of carbonyl (C=O) groups excluding carboxylic acids is 1. The summed E-state index contributed by atoms with van der Waals surface area (Å²) in [6.45, 7) is 8.92. The van der Waals surface area contributed by atoms with E-state index in [1.54, 1.807) is 40.7 Å². The Labute approximate surface area is 207 Å². The molecule has 1 aromatic carbocycles. The van der Waals surface area contributed by atoms with Crippen LogP contribution in [0.2, 0.25) is 5.02 Å². The van der Waals surface area contributed by atoms with Crippen LogP contribution in [0.1, 0.15) is 41.0 Å². The van der Waals surface area contributed by atoms with Crippen molar-refractivity contribution in [3.8, 4) is 5.88 Å². The van der Waals surface area contributed by atoms with Crippen LogP contribution in [0.25, 0.3) is 11.0 Å². The van der Waals surface area contributed by atoms with E-state index in [0.717, 1.165) is 4.68 Å². The number of halogens is 2. The van der Waals surface area contributed by atoms with Gasteiger partial charge in [0.2, 0.25) is 15.9 Å². The molecule has 0 saturated heterocycles. The molecule has 0 unspecified atom stereocenters. The fourth-order valence-corrected chi connectivity index (χ4v) is 4.42. The van der Waals surface area contributed by atoms with E-state index in [2.05, 4.69) is 20.1 Å². The highest BCUT2D eigenvalue weighted by Crippen LogP contribution is 2.35. The minimum atomic E-state index is -3.71. The van der Waals surface area contributed by atoms with Gasteiger partial charge in [-0.15, -0.1) is 9.78 Å². The first kappa shape index (κ1) is 26.5. The summed E-state index contributed by atoms with van der Waals surface area (Å²) < 4.78 is 53.5. The topological polar surface area (TPSA) is 124 Å². The first-order valence-electron chi connectivity index (χ1n) is 10.9. The number of nitrogens with one attached hydrogen (secondary N) is 2. The normalized spacial score (nSPS) is 12.0. The summed E-state index contributed by atoms with van der Waals surface area (Å²) in [5.41, 5.74) is -0.660. The summed E-state index contributed by atoms with van der Waals surface area (Å²) in [5.74, 6) is -0.899. The second kappa shape index (κ2) is 10.2. The largest absolute Gasteiger partial charge is 0.476 e. The van der Waals surface area contributed by atoms with Crippen LogP contribution >= 0.6 is 11.6 Å². The molecule has 2 heterocycles. The molecule has 0 saturated carbocycles. The maximum Gasteiger partial charge on any atom is 0.437 e. The molecule has 2 N–H and O–H groups in total. The molecule has 2 aromatic heterocycles. The van der Waals surface area contributed by atoms with Crippen molar-refractivity contribution in [2.24, 2.45) is 0 Å². The predicted octanol–water partition coefficient (Wildman–Crippen LogP) is 5.30. The second-order valence-corrected chi connectivity index (χ2v) is 10.8. The quantitative estimate of drug-likeness (QED) is 0.404. The minimum absolute atomic E-state index is 0.0236. The van der Waals surface area contributed by atoms with Crippen LogP contribution in [-0.4, -0.2) is 47.2 Å². The van der Waals surface area contributed by atoms with Crippen molar-refractivity contribution >= 4 is 55.8 Å². The number of rotatable bonds is 8. The van der Waals surface area contributed by atoms with Gasteiger partial charge in [0.1, 0.15) is 5.60 Å². The molecule has 0 fully saturated rings. The minimum Gasteiger partial charge on any atom is -0.476 e. The highest BCUT2D eigenvalue weighted by Gasteiger charge is 2.24. The summed E-state index contributed by atoms with van der Waals surface area (Å²) in [6, 6.07) is 4.18. The fraction of sp³-hybridized carbons (Fsp3) is 0.409. The van der Waals surface area contributed by atoms with Crippen LogP contribution in [0.3, 0.4) is 0 Å². The van der Waals surface area contributed by atoms with Gasteiger partial charge in [0.05, 0.1) is 46.0 Å². The molecule has 0 amide bonds. The van der Waals surface area contributed by atoms with Gasteiger partial charge in [-0.05, 0) is 52.3 Å². The Hall–Kier alpha value is -3.12. The molecule has 0 atom stereocenters. The van der Waals surface area contributed by atoms with E-state index in [-0.39, 0.29) is 40.3 Å². The molecular formula is C22H27ClFN5O5S. The van der Waals surface area contributed by atoms with Gasteiger partial charge in [-0.1, -0.05) is 18.5 Å². The first-order chi connectivity index (χ1) is 16.3. The number of sulfonamides is 1. The lowest BCUT2D eigenvalue weighted by molar-refractivity contribution is 0.0519. The maximum absolute atomic E-state index is 15.2. The van der Waals surface area contributed by atoms with Crippen molar-refractivity contribution < 1.29 is 27.1 Å². The Morgan fingerprint density at radius 1 is 1.26 bits per heavy atom. The van der Waals surface area contributed by atoms with Crippen molar-refractivity contribution in [3.63, 3.8) is 0 Å². The highest BCUT2D eigenvalue weighted by molar-refractivity contribution is 7.92. The SMILES string of the molecule is CCCS(=O)(=O)Nc1ccc(Cl)c(Nc2cnc3c(c2)c(OCC)nn3C(=O)OC(C)(C)C)c1F. The summed E-state index contributed by atoms with van der Waals surface area (Å²) >= 11 is 6.19. The third-order valence-corrected chi connectivity index (χ3v) is 6.23. The molecule has 0 aliphatic heterocycles. The Balaban J connectivity index is 2.00. The predicted molar refractivity (Wildman–Crippen MR) is 133 cm³/mol. The van der Waals surface area contributed by atoms with Gasteiger partial charge in [-0.2, -0.15) is 0 Å². The van der Waals surface area contributed by atoms with Gasteiger partial charge in [-0.3, -0.25) is 4.72 Å². The molecule has 190 valence electrons. The second-order valence-electron chi connectivity index (χ2n) is 8.56. The van der Waals surface area contributed by atoms with Crippen molar-refractivity contribution in [1.29, 1.82) is 0 Å². The van der Waals surface area contributed by atoms with Crippen molar-refractivity contribution in [3.05, 3.63) is 35.2 Å². The number of anilines is 3. The number of pyridine rings is 1. The number of hydrogen-bond donors (Lipinski definition) is 2. The lowest BCUT2D eigenvalue weighted by Crippen LogP contribution is -2.27. The van der Waals surface area contributed by atoms with Crippen LogP contribution in [0.15, 0.2) is 24.4 Å². The lowest BCUT2D eigenvalue weighted by atomic mass is 10.2. The molecule has 13 heteroatoms. The van der Waals surface area contributed by atoms with Crippen LogP contribution < -0.4 is 14.8 Å². The number of nitrogens with zero attached hydrogens (tertiary/aromatic N) is 3. The summed E-state index contributed by atoms with van der Waals surface area (Å²) in [4.78, 5) is 16.9. The zero-order valence-corrected chi connectivity index (χ0v) is 21.6. The Morgan fingerprint density at radius 3 is 2.60 bits per heavy atom. The van der Waals surface area contributed by atoms with Crippen LogP contribution in [0.5, 0.6) is 5.88 Å². The van der Waals surface area contributed by atoms with Crippen molar-refractivity contribution in [2.75, 3.05) is 22.4 Å². The van der Waals surface area contributed by atoms with Crippen LogP contribution in [-0.2, 0) is 14.8 Å². The molecule has 0 aliphatic rings. The van der Waals surface area contributed by atoms with Gasteiger partial charge in [-0.25, -0.2) is 22.6 Å². The van der Waals surface area contributed by atoms with E-state index < -0.39 is 27.5 Å². The molecule has 10 nitrogen and oxygen atoms in total. The monoisotopic (exact) mass is 527 g/mol. The molecule has 35 heavy (non-hydrogen) atoms. The zero-order chi connectivity index (χ0) is 26.0. The third kappa shape index (κ3) is 6.31. The van der Waals surface area contributed by atoms with Gasteiger partial charge >= 0.3 is 6.09 Å². The standard InChI is InChI=1S/C22H27ClFN5O5S/c1-6-10-35(31,32)28-16-9-8-15(23)18(17(16)24)26-13-11-14-19(25-12-13)29(27-20(14)33-7-2)21(30)34-22(3,4)5/h8-9,11-12,26,28H,6-7,10H2,1-5H3. The van der Waals surface area contributed by atoms with Crippen molar-refractivity contribution in [1.82, 2.24) is 14.8 Å². The smallest absolute Gasteiger partial charge is 0.437 e. The maximum atomic E-state index is 15.2. The Kier molecular flexibility index (Phi) is 7.75. The first-order valence-corrected chi connectivity index (χ1v) is 12.9. The van der Waals surface area contributed by atoms with Crippen LogP contribution in [0, 0.1) is 5.82 Å². The highest BCUT2D eigenvalue weighted by atomic mass is 35.5. The van der Waals surface area contributed by atoms with E-state index in [4.69, 9.17) is 21.1 Å².